The van der Waals surface area contributed by atoms with Crippen LogP contribution in [0.25, 0.3) is 0 Å². The van der Waals surface area contributed by atoms with Crippen molar-refractivity contribution in [1.82, 2.24) is 4.90 Å². The van der Waals surface area contributed by atoms with Crippen LogP contribution >= 0.6 is 11.6 Å². The zero-order valence-electron chi connectivity index (χ0n) is 14.3. The smallest absolute Gasteiger partial charge is 0.316 e. The fraction of sp³-hybridized carbons (Fsp3) is 0.211. The number of aliphatic carboxylic acids is 1. The molecule has 3 rings (SSSR count). The van der Waals surface area contributed by atoms with Crippen LogP contribution in [0.1, 0.15) is 21.8 Å². The van der Waals surface area contributed by atoms with E-state index in [1.54, 1.807) is 42.5 Å². The summed E-state index contributed by atoms with van der Waals surface area (Å²) in [5, 5.41) is 12.6. The van der Waals surface area contributed by atoms with Crippen LogP contribution in [0.5, 0.6) is 0 Å². The summed E-state index contributed by atoms with van der Waals surface area (Å²) in [6.07, 6.45) is 0. The van der Waals surface area contributed by atoms with Crippen LogP contribution < -0.4 is 11.1 Å². The SMILES string of the molecule is NC(=O)Nc1cccc(C(=O)N2C[C@@H](C(=O)O)[C@H](c3ccc(Cl)cc3)C2)c1. The molecule has 1 aliphatic heterocycles. The molecule has 4 N–H and O–H groups in total. The van der Waals surface area contributed by atoms with Crippen LogP contribution in [-0.4, -0.2) is 41.0 Å². The number of nitrogens with one attached hydrogen (secondary N) is 1. The highest BCUT2D eigenvalue weighted by Gasteiger charge is 2.40. The minimum absolute atomic E-state index is 0.106. The van der Waals surface area contributed by atoms with E-state index in [-0.39, 0.29) is 24.9 Å². The van der Waals surface area contributed by atoms with Crippen molar-refractivity contribution in [2.75, 3.05) is 18.4 Å². The van der Waals surface area contributed by atoms with Crippen LogP contribution in [0.4, 0.5) is 10.5 Å². The van der Waals surface area contributed by atoms with E-state index < -0.39 is 17.9 Å². The van der Waals surface area contributed by atoms with E-state index in [1.165, 1.54) is 11.0 Å². The van der Waals surface area contributed by atoms with Gasteiger partial charge in [0, 0.05) is 35.3 Å². The molecule has 140 valence electrons. The van der Waals surface area contributed by atoms with Crippen molar-refractivity contribution in [3.63, 3.8) is 0 Å². The van der Waals surface area contributed by atoms with Gasteiger partial charge in [-0.2, -0.15) is 0 Å². The number of halogens is 1. The minimum Gasteiger partial charge on any atom is -0.481 e. The van der Waals surface area contributed by atoms with Gasteiger partial charge >= 0.3 is 12.0 Å². The van der Waals surface area contributed by atoms with Gasteiger partial charge in [-0.3, -0.25) is 9.59 Å². The standard InChI is InChI=1S/C19H18ClN3O4/c20-13-6-4-11(5-7-13)15-9-23(10-16(15)18(25)26)17(24)12-2-1-3-14(8-12)22-19(21)27/h1-8,15-16H,9-10H2,(H,25,26)(H3,21,22,27)/t15-,16+/m0/s1. The van der Waals surface area contributed by atoms with Gasteiger partial charge in [0.25, 0.3) is 5.91 Å². The Bertz CT molecular complexity index is 885. The van der Waals surface area contributed by atoms with E-state index in [2.05, 4.69) is 5.32 Å². The molecule has 7 nitrogen and oxygen atoms in total. The van der Waals surface area contributed by atoms with Crippen LogP contribution in [0, 0.1) is 5.92 Å². The first-order valence-corrected chi connectivity index (χ1v) is 8.67. The van der Waals surface area contributed by atoms with E-state index in [1.807, 2.05) is 0 Å². The summed E-state index contributed by atoms with van der Waals surface area (Å²) in [5.41, 5.74) is 6.67. The summed E-state index contributed by atoms with van der Waals surface area (Å²) < 4.78 is 0. The number of rotatable bonds is 4. The average molecular weight is 388 g/mol. The lowest BCUT2D eigenvalue weighted by atomic mass is 9.89. The van der Waals surface area contributed by atoms with Gasteiger partial charge < -0.3 is 21.1 Å². The summed E-state index contributed by atoms with van der Waals surface area (Å²) in [5.74, 6) is -2.28. The quantitative estimate of drug-likeness (QED) is 0.748. The Morgan fingerprint density at radius 2 is 1.81 bits per heavy atom. The molecule has 8 heteroatoms. The Hall–Kier alpha value is -3.06. The van der Waals surface area contributed by atoms with E-state index in [0.29, 0.717) is 16.3 Å². The van der Waals surface area contributed by atoms with Crippen LogP contribution in [0.15, 0.2) is 48.5 Å². The number of carboxylic acid groups (broad SMARTS) is 1. The van der Waals surface area contributed by atoms with Gasteiger partial charge in [0.15, 0.2) is 0 Å². The maximum absolute atomic E-state index is 12.9. The number of hydrogen-bond acceptors (Lipinski definition) is 3. The van der Waals surface area contributed by atoms with E-state index >= 15 is 0 Å². The molecule has 0 unspecified atom stereocenters. The molecule has 0 aliphatic carbocycles. The first kappa shape index (κ1) is 18.7. The fourth-order valence-corrected chi connectivity index (χ4v) is 3.45. The van der Waals surface area contributed by atoms with Crippen LogP contribution in [-0.2, 0) is 4.79 Å². The summed E-state index contributed by atoms with van der Waals surface area (Å²) in [6, 6.07) is 12.6. The number of carboxylic acids is 1. The lowest BCUT2D eigenvalue weighted by molar-refractivity contribution is -0.141. The van der Waals surface area contributed by atoms with Gasteiger partial charge in [0.2, 0.25) is 0 Å². The molecule has 3 amide bonds. The number of benzene rings is 2. The maximum atomic E-state index is 12.9. The number of carbonyl (C=O) groups excluding carboxylic acids is 2. The summed E-state index contributed by atoms with van der Waals surface area (Å²) in [6.45, 7) is 0.389. The summed E-state index contributed by atoms with van der Waals surface area (Å²) in [7, 11) is 0. The van der Waals surface area contributed by atoms with Crippen LogP contribution in [0.3, 0.4) is 0 Å². The molecule has 0 aromatic heterocycles. The molecule has 0 radical (unpaired) electrons. The van der Waals surface area contributed by atoms with Crippen molar-refractivity contribution in [3.8, 4) is 0 Å². The second kappa shape index (κ2) is 7.67. The number of anilines is 1. The predicted molar refractivity (Wildman–Crippen MR) is 101 cm³/mol. The Balaban J connectivity index is 1.83. The molecule has 1 saturated heterocycles. The Morgan fingerprint density at radius 1 is 1.11 bits per heavy atom. The molecule has 2 aromatic rings. The second-order valence-corrected chi connectivity index (χ2v) is 6.82. The van der Waals surface area contributed by atoms with E-state index in [0.717, 1.165) is 5.56 Å². The summed E-state index contributed by atoms with van der Waals surface area (Å²) >= 11 is 5.91. The number of amides is 3. The first-order valence-electron chi connectivity index (χ1n) is 8.29. The highest BCUT2D eigenvalue weighted by atomic mass is 35.5. The molecular formula is C19H18ClN3O4. The van der Waals surface area contributed by atoms with Crippen molar-refractivity contribution < 1.29 is 19.5 Å². The van der Waals surface area contributed by atoms with E-state index in [4.69, 9.17) is 17.3 Å². The third-order valence-electron chi connectivity index (χ3n) is 4.60. The van der Waals surface area contributed by atoms with Gasteiger partial charge in [-0.05, 0) is 35.9 Å². The fourth-order valence-electron chi connectivity index (χ4n) is 3.32. The lowest BCUT2D eigenvalue weighted by Crippen LogP contribution is -2.30. The van der Waals surface area contributed by atoms with Crippen molar-refractivity contribution in [2.24, 2.45) is 11.7 Å². The van der Waals surface area contributed by atoms with Gasteiger partial charge in [-0.25, -0.2) is 4.79 Å². The second-order valence-electron chi connectivity index (χ2n) is 6.38. The number of nitrogens with two attached hydrogens (primary N) is 1. The normalized spacial score (nSPS) is 18.9. The molecule has 2 atom stereocenters. The molecule has 1 fully saturated rings. The largest absolute Gasteiger partial charge is 0.481 e. The molecule has 2 aromatic carbocycles. The third-order valence-corrected chi connectivity index (χ3v) is 4.85. The van der Waals surface area contributed by atoms with Crippen LogP contribution in [0.2, 0.25) is 5.02 Å². The Kier molecular flexibility index (Phi) is 5.32. The van der Waals surface area contributed by atoms with Crippen molar-refractivity contribution >= 4 is 35.2 Å². The van der Waals surface area contributed by atoms with Gasteiger partial charge in [-0.15, -0.1) is 0 Å². The number of likely N-dealkylation sites (tertiary alicyclic amines) is 1. The van der Waals surface area contributed by atoms with Gasteiger partial charge in [0.05, 0.1) is 5.92 Å². The first-order chi connectivity index (χ1) is 12.8. The third kappa shape index (κ3) is 4.20. The minimum atomic E-state index is -0.950. The Morgan fingerprint density at radius 3 is 2.44 bits per heavy atom. The van der Waals surface area contributed by atoms with E-state index in [9.17, 15) is 19.5 Å². The number of urea groups is 1. The molecule has 0 saturated carbocycles. The monoisotopic (exact) mass is 387 g/mol. The Labute approximate surface area is 160 Å². The predicted octanol–water partition coefficient (Wildman–Crippen LogP) is 2.77. The molecular weight excluding hydrogens is 370 g/mol. The highest BCUT2D eigenvalue weighted by molar-refractivity contribution is 6.30. The average Bonchev–Trinajstić information content (AvgIpc) is 3.07. The van der Waals surface area contributed by atoms with Crippen molar-refractivity contribution in [2.45, 2.75) is 5.92 Å². The maximum Gasteiger partial charge on any atom is 0.316 e. The zero-order chi connectivity index (χ0) is 19.6. The molecule has 27 heavy (non-hydrogen) atoms. The molecule has 1 heterocycles. The lowest BCUT2D eigenvalue weighted by Gasteiger charge is -2.17. The highest BCUT2D eigenvalue weighted by Crippen LogP contribution is 2.34. The topological polar surface area (TPSA) is 113 Å². The van der Waals surface area contributed by atoms with Crippen molar-refractivity contribution in [3.05, 3.63) is 64.7 Å². The van der Waals surface area contributed by atoms with Crippen molar-refractivity contribution in [1.29, 1.82) is 0 Å². The molecule has 0 bridgehead atoms. The number of hydrogen-bond donors (Lipinski definition) is 3. The molecule has 1 aliphatic rings. The zero-order valence-corrected chi connectivity index (χ0v) is 15.0. The molecule has 0 spiro atoms. The number of primary amides is 1. The van der Waals surface area contributed by atoms with Gasteiger partial charge in [0.1, 0.15) is 0 Å². The van der Waals surface area contributed by atoms with Gasteiger partial charge in [-0.1, -0.05) is 29.8 Å². The number of carbonyl (C=O) groups is 3. The number of nitrogens with zero attached hydrogens (tertiary/aromatic N) is 1. The summed E-state index contributed by atoms with van der Waals surface area (Å²) in [4.78, 5) is 37.1.